The SMILES string of the molecule is O=C(Nc1ccc(N2CCN(C(=O)c3ccccc3Cl)CC2)nc1)Nc1ccc(F)cc1F. The highest BCUT2D eigenvalue weighted by atomic mass is 35.5. The summed E-state index contributed by atoms with van der Waals surface area (Å²) in [7, 11) is 0. The average molecular weight is 472 g/mol. The van der Waals surface area contributed by atoms with E-state index < -0.39 is 17.7 Å². The smallest absolute Gasteiger partial charge is 0.323 e. The number of hydrogen-bond donors (Lipinski definition) is 2. The number of piperazine rings is 1. The van der Waals surface area contributed by atoms with Crippen LogP contribution >= 0.6 is 11.6 Å². The molecule has 3 aromatic rings. The zero-order chi connectivity index (χ0) is 23.4. The molecule has 0 aliphatic carbocycles. The highest BCUT2D eigenvalue weighted by Gasteiger charge is 2.24. The van der Waals surface area contributed by atoms with Crippen LogP contribution in [-0.2, 0) is 0 Å². The van der Waals surface area contributed by atoms with Gasteiger partial charge in [-0.3, -0.25) is 4.79 Å². The number of carbonyl (C=O) groups excluding carboxylic acids is 2. The zero-order valence-corrected chi connectivity index (χ0v) is 18.1. The standard InChI is InChI=1S/C23H20ClF2N5O2/c24-18-4-2-1-3-17(18)22(32)31-11-9-30(10-12-31)21-8-6-16(14-27-21)28-23(33)29-20-7-5-15(25)13-19(20)26/h1-8,13-14H,9-12H2,(H2,28,29,33). The van der Waals surface area contributed by atoms with E-state index in [2.05, 4.69) is 15.6 Å². The number of nitrogens with one attached hydrogen (secondary N) is 2. The maximum absolute atomic E-state index is 13.7. The van der Waals surface area contributed by atoms with E-state index in [4.69, 9.17) is 11.6 Å². The van der Waals surface area contributed by atoms with Crippen molar-refractivity contribution in [1.82, 2.24) is 9.88 Å². The maximum atomic E-state index is 13.7. The third-order valence-electron chi connectivity index (χ3n) is 5.18. The van der Waals surface area contributed by atoms with Crippen LogP contribution < -0.4 is 15.5 Å². The number of rotatable bonds is 4. The second-order valence-corrected chi connectivity index (χ2v) is 7.77. The molecule has 2 heterocycles. The summed E-state index contributed by atoms with van der Waals surface area (Å²) in [5.41, 5.74) is 0.758. The van der Waals surface area contributed by atoms with E-state index in [0.29, 0.717) is 54.3 Å². The van der Waals surface area contributed by atoms with Crippen LogP contribution in [0.2, 0.25) is 5.02 Å². The molecule has 1 aliphatic rings. The molecule has 1 aliphatic heterocycles. The van der Waals surface area contributed by atoms with Gasteiger partial charge in [-0.25, -0.2) is 18.6 Å². The van der Waals surface area contributed by atoms with Crippen molar-refractivity contribution >= 4 is 40.7 Å². The van der Waals surface area contributed by atoms with Gasteiger partial charge in [0.05, 0.1) is 28.2 Å². The molecule has 0 spiro atoms. The summed E-state index contributed by atoms with van der Waals surface area (Å²) < 4.78 is 26.6. The van der Waals surface area contributed by atoms with Gasteiger partial charge in [-0.15, -0.1) is 0 Å². The Labute approximate surface area is 194 Å². The fourth-order valence-electron chi connectivity index (χ4n) is 3.47. The molecule has 2 aromatic carbocycles. The van der Waals surface area contributed by atoms with Crippen LogP contribution in [0.25, 0.3) is 0 Å². The third-order valence-corrected chi connectivity index (χ3v) is 5.51. The molecule has 0 bridgehead atoms. The first kappa shape index (κ1) is 22.5. The number of pyridine rings is 1. The molecule has 33 heavy (non-hydrogen) atoms. The predicted molar refractivity (Wildman–Crippen MR) is 123 cm³/mol. The van der Waals surface area contributed by atoms with E-state index in [1.807, 2.05) is 4.90 Å². The monoisotopic (exact) mass is 471 g/mol. The van der Waals surface area contributed by atoms with Gasteiger partial charge in [0.15, 0.2) is 0 Å². The molecule has 3 amide bonds. The Morgan fingerprint density at radius 2 is 1.70 bits per heavy atom. The number of hydrogen-bond acceptors (Lipinski definition) is 4. The minimum absolute atomic E-state index is 0.101. The van der Waals surface area contributed by atoms with E-state index in [1.54, 1.807) is 41.3 Å². The van der Waals surface area contributed by atoms with Gasteiger partial charge in [-0.2, -0.15) is 0 Å². The Morgan fingerprint density at radius 1 is 0.939 bits per heavy atom. The number of anilines is 3. The molecular weight excluding hydrogens is 452 g/mol. The van der Waals surface area contributed by atoms with E-state index in [0.717, 1.165) is 12.1 Å². The van der Waals surface area contributed by atoms with Gasteiger partial charge < -0.3 is 20.4 Å². The second-order valence-electron chi connectivity index (χ2n) is 7.37. The molecular formula is C23H20ClF2N5O2. The Balaban J connectivity index is 1.31. The van der Waals surface area contributed by atoms with Gasteiger partial charge >= 0.3 is 6.03 Å². The molecule has 1 fully saturated rings. The average Bonchev–Trinajstić information content (AvgIpc) is 2.81. The quantitative estimate of drug-likeness (QED) is 0.582. The van der Waals surface area contributed by atoms with E-state index >= 15 is 0 Å². The van der Waals surface area contributed by atoms with Gasteiger partial charge in [0.1, 0.15) is 17.5 Å². The van der Waals surface area contributed by atoms with Crippen LogP contribution in [0.4, 0.5) is 30.8 Å². The molecule has 1 saturated heterocycles. The fourth-order valence-corrected chi connectivity index (χ4v) is 3.68. The third kappa shape index (κ3) is 5.38. The summed E-state index contributed by atoms with van der Waals surface area (Å²) in [5.74, 6) is -0.996. The van der Waals surface area contributed by atoms with E-state index in [1.165, 1.54) is 6.20 Å². The van der Waals surface area contributed by atoms with Crippen molar-refractivity contribution in [1.29, 1.82) is 0 Å². The topological polar surface area (TPSA) is 77.6 Å². The molecule has 0 atom stereocenters. The number of nitrogens with zero attached hydrogens (tertiary/aromatic N) is 3. The van der Waals surface area contributed by atoms with Crippen LogP contribution in [0, 0.1) is 11.6 Å². The number of amides is 3. The Hall–Kier alpha value is -3.72. The van der Waals surface area contributed by atoms with Crippen molar-refractivity contribution in [2.24, 2.45) is 0 Å². The number of aromatic nitrogens is 1. The first-order valence-electron chi connectivity index (χ1n) is 10.2. The minimum atomic E-state index is -0.870. The lowest BCUT2D eigenvalue weighted by atomic mass is 10.2. The Kier molecular flexibility index (Phi) is 6.69. The Morgan fingerprint density at radius 3 is 2.36 bits per heavy atom. The zero-order valence-electron chi connectivity index (χ0n) is 17.4. The van der Waals surface area contributed by atoms with Gasteiger partial charge in [0.25, 0.3) is 5.91 Å². The second kappa shape index (κ2) is 9.83. The van der Waals surface area contributed by atoms with Crippen molar-refractivity contribution in [2.75, 3.05) is 41.7 Å². The summed E-state index contributed by atoms with van der Waals surface area (Å²) in [5, 5.41) is 5.30. The van der Waals surface area contributed by atoms with E-state index in [-0.39, 0.29) is 11.6 Å². The largest absolute Gasteiger partial charge is 0.353 e. The molecule has 4 rings (SSSR count). The van der Waals surface area contributed by atoms with Crippen LogP contribution in [0.1, 0.15) is 10.4 Å². The van der Waals surface area contributed by atoms with Gasteiger partial charge in [-0.1, -0.05) is 23.7 Å². The van der Waals surface area contributed by atoms with Crippen molar-refractivity contribution < 1.29 is 18.4 Å². The molecule has 0 unspecified atom stereocenters. The maximum Gasteiger partial charge on any atom is 0.323 e. The summed E-state index contributed by atoms with van der Waals surface area (Å²) in [4.78, 5) is 32.9. The van der Waals surface area contributed by atoms with Crippen LogP contribution in [0.3, 0.4) is 0 Å². The molecule has 10 heteroatoms. The molecule has 2 N–H and O–H groups in total. The minimum Gasteiger partial charge on any atom is -0.353 e. The number of carbonyl (C=O) groups is 2. The van der Waals surface area contributed by atoms with Gasteiger partial charge in [0, 0.05) is 32.2 Å². The summed E-state index contributed by atoms with van der Waals surface area (Å²) in [6, 6.07) is 12.6. The summed E-state index contributed by atoms with van der Waals surface area (Å²) in [6.45, 7) is 2.25. The van der Waals surface area contributed by atoms with Crippen molar-refractivity contribution in [2.45, 2.75) is 0 Å². The van der Waals surface area contributed by atoms with Crippen molar-refractivity contribution in [3.8, 4) is 0 Å². The van der Waals surface area contributed by atoms with Crippen LogP contribution in [-0.4, -0.2) is 48.0 Å². The highest BCUT2D eigenvalue weighted by molar-refractivity contribution is 6.33. The molecule has 0 radical (unpaired) electrons. The number of halogens is 3. The lowest BCUT2D eigenvalue weighted by Crippen LogP contribution is -2.49. The summed E-state index contributed by atoms with van der Waals surface area (Å²) >= 11 is 6.14. The number of urea groups is 1. The predicted octanol–water partition coefficient (Wildman–Crippen LogP) is 4.62. The Bertz CT molecular complexity index is 1170. The van der Waals surface area contributed by atoms with Crippen LogP contribution in [0.5, 0.6) is 0 Å². The molecule has 0 saturated carbocycles. The highest BCUT2D eigenvalue weighted by Crippen LogP contribution is 2.21. The molecule has 1 aromatic heterocycles. The first-order valence-corrected chi connectivity index (χ1v) is 10.6. The first-order chi connectivity index (χ1) is 15.9. The van der Waals surface area contributed by atoms with Crippen molar-refractivity contribution in [3.05, 3.63) is 83.0 Å². The number of benzene rings is 2. The van der Waals surface area contributed by atoms with E-state index in [9.17, 15) is 18.4 Å². The summed E-state index contributed by atoms with van der Waals surface area (Å²) in [6.07, 6.45) is 1.48. The van der Waals surface area contributed by atoms with Crippen LogP contribution in [0.15, 0.2) is 60.8 Å². The lowest BCUT2D eigenvalue weighted by molar-refractivity contribution is 0.0746. The van der Waals surface area contributed by atoms with Gasteiger partial charge in [-0.05, 0) is 36.4 Å². The normalized spacial score (nSPS) is 13.5. The molecule has 170 valence electrons. The molecule has 7 nitrogen and oxygen atoms in total. The fraction of sp³-hybridized carbons (Fsp3) is 0.174. The van der Waals surface area contributed by atoms with Gasteiger partial charge in [0.2, 0.25) is 0 Å². The van der Waals surface area contributed by atoms with Crippen molar-refractivity contribution in [3.63, 3.8) is 0 Å². The lowest BCUT2D eigenvalue weighted by Gasteiger charge is -2.35.